The molecule has 0 radical (unpaired) electrons. The SMILES string of the molecule is CC(C)(NCC(=O)Nc1ccccc1F)C(=O)O. The van der Waals surface area contributed by atoms with Gasteiger partial charge in [-0.3, -0.25) is 14.9 Å². The largest absolute Gasteiger partial charge is 0.480 e. The first-order valence-electron chi connectivity index (χ1n) is 5.36. The highest BCUT2D eigenvalue weighted by atomic mass is 19.1. The average molecular weight is 254 g/mol. The molecule has 1 rings (SSSR count). The van der Waals surface area contributed by atoms with Crippen LogP contribution in [0.25, 0.3) is 0 Å². The van der Waals surface area contributed by atoms with Gasteiger partial charge in [0.15, 0.2) is 0 Å². The number of hydrogen-bond acceptors (Lipinski definition) is 3. The number of carbonyl (C=O) groups is 2. The zero-order chi connectivity index (χ0) is 13.8. The summed E-state index contributed by atoms with van der Waals surface area (Å²) in [5.74, 6) is -2.11. The number of halogens is 1. The van der Waals surface area contributed by atoms with Gasteiger partial charge in [0.05, 0.1) is 12.2 Å². The minimum Gasteiger partial charge on any atom is -0.480 e. The summed E-state index contributed by atoms with van der Waals surface area (Å²) in [6, 6.07) is 5.75. The first kappa shape index (κ1) is 14.1. The third-order valence-corrected chi connectivity index (χ3v) is 2.37. The number of benzene rings is 1. The van der Waals surface area contributed by atoms with Gasteiger partial charge in [0.25, 0.3) is 0 Å². The summed E-state index contributed by atoms with van der Waals surface area (Å²) in [4.78, 5) is 22.3. The summed E-state index contributed by atoms with van der Waals surface area (Å²) in [5.41, 5.74) is -1.15. The normalized spacial score (nSPS) is 11.1. The highest BCUT2D eigenvalue weighted by Gasteiger charge is 2.26. The lowest BCUT2D eigenvalue weighted by atomic mass is 10.1. The number of anilines is 1. The number of carboxylic acids is 1. The van der Waals surface area contributed by atoms with Gasteiger partial charge in [0, 0.05) is 0 Å². The second kappa shape index (κ2) is 5.59. The third-order valence-electron chi connectivity index (χ3n) is 2.37. The van der Waals surface area contributed by atoms with Crippen molar-refractivity contribution in [1.82, 2.24) is 5.32 Å². The molecule has 0 heterocycles. The van der Waals surface area contributed by atoms with Gasteiger partial charge < -0.3 is 10.4 Å². The lowest BCUT2D eigenvalue weighted by Gasteiger charge is -2.20. The first-order chi connectivity index (χ1) is 8.33. The van der Waals surface area contributed by atoms with Crippen LogP contribution in [0.3, 0.4) is 0 Å². The molecular formula is C12H15FN2O3. The Balaban J connectivity index is 2.54. The van der Waals surface area contributed by atoms with Crippen LogP contribution in [0.2, 0.25) is 0 Å². The number of nitrogens with one attached hydrogen (secondary N) is 2. The van der Waals surface area contributed by atoms with E-state index >= 15 is 0 Å². The van der Waals surface area contributed by atoms with E-state index in [2.05, 4.69) is 10.6 Å². The van der Waals surface area contributed by atoms with Gasteiger partial charge in [-0.25, -0.2) is 4.39 Å². The van der Waals surface area contributed by atoms with Crippen LogP contribution in [0.15, 0.2) is 24.3 Å². The van der Waals surface area contributed by atoms with E-state index < -0.39 is 23.2 Å². The molecule has 0 bridgehead atoms. The van der Waals surface area contributed by atoms with Crippen LogP contribution in [-0.4, -0.2) is 29.1 Å². The van der Waals surface area contributed by atoms with Gasteiger partial charge in [-0.05, 0) is 26.0 Å². The molecule has 0 aliphatic rings. The van der Waals surface area contributed by atoms with Gasteiger partial charge in [-0.2, -0.15) is 0 Å². The van der Waals surface area contributed by atoms with Gasteiger partial charge in [-0.1, -0.05) is 12.1 Å². The van der Waals surface area contributed by atoms with E-state index in [4.69, 9.17) is 5.11 Å². The summed E-state index contributed by atoms with van der Waals surface area (Å²) < 4.78 is 13.2. The number of rotatable bonds is 5. The minimum atomic E-state index is -1.22. The fourth-order valence-electron chi connectivity index (χ4n) is 1.13. The zero-order valence-electron chi connectivity index (χ0n) is 10.2. The van der Waals surface area contributed by atoms with Crippen molar-refractivity contribution in [3.63, 3.8) is 0 Å². The minimum absolute atomic E-state index is 0.0671. The molecule has 0 aliphatic heterocycles. The van der Waals surface area contributed by atoms with Crippen molar-refractivity contribution in [2.45, 2.75) is 19.4 Å². The number of hydrogen-bond donors (Lipinski definition) is 3. The van der Waals surface area contributed by atoms with Crippen molar-refractivity contribution in [3.05, 3.63) is 30.1 Å². The highest BCUT2D eigenvalue weighted by Crippen LogP contribution is 2.12. The number of carboxylic acid groups (broad SMARTS) is 1. The molecule has 1 aromatic rings. The van der Waals surface area contributed by atoms with Crippen LogP contribution >= 0.6 is 0 Å². The molecule has 0 saturated carbocycles. The second-order valence-electron chi connectivity index (χ2n) is 4.31. The van der Waals surface area contributed by atoms with Gasteiger partial charge >= 0.3 is 5.97 Å². The van der Waals surface area contributed by atoms with Gasteiger partial charge in [0.1, 0.15) is 11.4 Å². The lowest BCUT2D eigenvalue weighted by Crippen LogP contribution is -2.49. The Labute approximate surface area is 104 Å². The second-order valence-corrected chi connectivity index (χ2v) is 4.31. The Bertz CT molecular complexity index is 460. The van der Waals surface area contributed by atoms with Crippen molar-refractivity contribution in [2.24, 2.45) is 0 Å². The third kappa shape index (κ3) is 3.81. The molecule has 0 aromatic heterocycles. The predicted octanol–water partition coefficient (Wildman–Crippen LogP) is 1.22. The van der Waals surface area contributed by atoms with Crippen LogP contribution < -0.4 is 10.6 Å². The Morgan fingerprint density at radius 2 is 1.94 bits per heavy atom. The van der Waals surface area contributed by atoms with Crippen molar-refractivity contribution in [2.75, 3.05) is 11.9 Å². The molecule has 0 aliphatic carbocycles. The van der Waals surface area contributed by atoms with E-state index in [1.54, 1.807) is 6.07 Å². The Morgan fingerprint density at radius 1 is 1.33 bits per heavy atom. The molecule has 5 nitrogen and oxygen atoms in total. The molecule has 0 atom stereocenters. The van der Waals surface area contributed by atoms with E-state index in [0.717, 1.165) is 0 Å². The fraction of sp³-hybridized carbons (Fsp3) is 0.333. The monoisotopic (exact) mass is 254 g/mol. The number of carbonyl (C=O) groups excluding carboxylic acids is 1. The summed E-state index contributed by atoms with van der Waals surface area (Å²) in [6.45, 7) is 2.66. The smallest absolute Gasteiger partial charge is 0.323 e. The van der Waals surface area contributed by atoms with Crippen LogP contribution in [0.4, 0.5) is 10.1 Å². The maximum absolute atomic E-state index is 13.2. The van der Waals surface area contributed by atoms with Gasteiger partial charge in [-0.15, -0.1) is 0 Å². The Morgan fingerprint density at radius 3 is 2.50 bits per heavy atom. The molecule has 1 amide bonds. The van der Waals surface area contributed by atoms with Crippen molar-refractivity contribution in [3.8, 4) is 0 Å². The maximum atomic E-state index is 13.2. The summed E-state index contributed by atoms with van der Waals surface area (Å²) in [7, 11) is 0. The molecule has 3 N–H and O–H groups in total. The number of para-hydroxylation sites is 1. The maximum Gasteiger partial charge on any atom is 0.323 e. The van der Waals surface area contributed by atoms with Gasteiger partial charge in [0.2, 0.25) is 5.91 Å². The zero-order valence-corrected chi connectivity index (χ0v) is 10.2. The number of amides is 1. The van der Waals surface area contributed by atoms with Crippen LogP contribution in [0.5, 0.6) is 0 Å². The molecule has 1 aromatic carbocycles. The highest BCUT2D eigenvalue weighted by molar-refractivity contribution is 5.92. The molecule has 0 saturated heterocycles. The topological polar surface area (TPSA) is 78.4 Å². The van der Waals surface area contributed by atoms with Crippen molar-refractivity contribution >= 4 is 17.6 Å². The summed E-state index contributed by atoms with van der Waals surface area (Å²) in [5, 5.41) is 13.8. The molecule has 0 fully saturated rings. The van der Waals surface area contributed by atoms with E-state index in [-0.39, 0.29) is 12.2 Å². The summed E-state index contributed by atoms with van der Waals surface area (Å²) in [6.07, 6.45) is 0. The Hall–Kier alpha value is -1.95. The van der Waals surface area contributed by atoms with Crippen LogP contribution in [-0.2, 0) is 9.59 Å². The van der Waals surface area contributed by atoms with Crippen LogP contribution in [0.1, 0.15) is 13.8 Å². The first-order valence-corrected chi connectivity index (χ1v) is 5.36. The molecule has 0 spiro atoms. The van der Waals surface area contributed by atoms with E-state index in [0.29, 0.717) is 0 Å². The molecule has 98 valence electrons. The van der Waals surface area contributed by atoms with E-state index in [1.807, 2.05) is 0 Å². The molecular weight excluding hydrogens is 239 g/mol. The quantitative estimate of drug-likeness (QED) is 0.738. The molecule has 18 heavy (non-hydrogen) atoms. The van der Waals surface area contributed by atoms with E-state index in [1.165, 1.54) is 32.0 Å². The van der Waals surface area contributed by atoms with E-state index in [9.17, 15) is 14.0 Å². The standard InChI is InChI=1S/C12H15FN2O3/c1-12(2,11(17)18)14-7-10(16)15-9-6-4-3-5-8(9)13/h3-6,14H,7H2,1-2H3,(H,15,16)(H,17,18). The Kier molecular flexibility index (Phi) is 4.38. The average Bonchev–Trinajstić information content (AvgIpc) is 2.29. The number of aliphatic carboxylic acids is 1. The molecule has 0 unspecified atom stereocenters. The predicted molar refractivity (Wildman–Crippen MR) is 64.7 cm³/mol. The summed E-state index contributed by atoms with van der Waals surface area (Å²) >= 11 is 0. The lowest BCUT2D eigenvalue weighted by molar-refractivity contribution is -0.143. The van der Waals surface area contributed by atoms with Crippen molar-refractivity contribution < 1.29 is 19.1 Å². The molecule has 6 heteroatoms. The fourth-order valence-corrected chi connectivity index (χ4v) is 1.13. The van der Waals surface area contributed by atoms with Crippen LogP contribution in [0, 0.1) is 5.82 Å². The van der Waals surface area contributed by atoms with Crippen molar-refractivity contribution in [1.29, 1.82) is 0 Å².